The number of nitrogens with one attached hydrogen (secondary N) is 1. The van der Waals surface area contributed by atoms with Gasteiger partial charge in [-0.05, 0) is 23.6 Å². The van der Waals surface area contributed by atoms with Crippen LogP contribution < -0.4 is 5.48 Å². The molecule has 0 spiro atoms. The molecule has 3 heteroatoms. The van der Waals surface area contributed by atoms with Gasteiger partial charge >= 0.3 is 0 Å². The lowest BCUT2D eigenvalue weighted by Crippen LogP contribution is -2.00. The highest BCUT2D eigenvalue weighted by atomic mass is 16.5. The molecule has 0 fully saturated rings. The Balaban J connectivity index is 2.85. The molecule has 1 aromatic rings. The van der Waals surface area contributed by atoms with E-state index >= 15 is 0 Å². The maximum atomic E-state index is 8.31. The maximum absolute atomic E-state index is 8.31. The molecule has 1 rings (SSSR count). The lowest BCUT2D eigenvalue weighted by Gasteiger charge is -2.04. The molecule has 0 saturated heterocycles. The molecule has 0 aliphatic heterocycles. The van der Waals surface area contributed by atoms with Crippen molar-refractivity contribution in [2.75, 3.05) is 0 Å². The van der Waals surface area contributed by atoms with Gasteiger partial charge in [-0.2, -0.15) is 0 Å². The van der Waals surface area contributed by atoms with Gasteiger partial charge in [-0.1, -0.05) is 26.0 Å². The molecule has 0 aromatic heterocycles. The number of hydrogen-bond acceptors (Lipinski definition) is 2. The third kappa shape index (κ3) is 2.87. The third-order valence-corrected chi connectivity index (χ3v) is 1.81. The van der Waals surface area contributed by atoms with Crippen LogP contribution in [0.4, 0.5) is 5.69 Å². The normalized spacial score (nSPS) is 11.1. The van der Waals surface area contributed by atoms with Crippen LogP contribution in [0.5, 0.6) is 0 Å². The summed E-state index contributed by atoms with van der Waals surface area (Å²) in [6, 6.07) is 7.91. The molecule has 1 aromatic carbocycles. The highest BCUT2D eigenvalue weighted by Gasteiger charge is 1.98. The van der Waals surface area contributed by atoms with E-state index in [-0.39, 0.29) is 0 Å². The van der Waals surface area contributed by atoms with Crippen LogP contribution in [-0.4, -0.2) is 11.5 Å². The molecule has 13 heavy (non-hydrogen) atoms. The van der Waals surface area contributed by atoms with Crippen LogP contribution in [0.3, 0.4) is 0 Å². The summed E-state index contributed by atoms with van der Waals surface area (Å²) in [5, 5.41) is 8.31. The summed E-state index contributed by atoms with van der Waals surface area (Å²) < 4.78 is 0. The first-order chi connectivity index (χ1) is 6.24. The summed E-state index contributed by atoms with van der Waals surface area (Å²) in [5.74, 6) is 0.497. The van der Waals surface area contributed by atoms with Crippen LogP contribution in [0.25, 0.3) is 0 Å². The number of rotatable bonds is 3. The van der Waals surface area contributed by atoms with E-state index in [1.54, 1.807) is 0 Å². The number of aliphatic imine (C=N–C) groups is 1. The zero-order valence-corrected chi connectivity index (χ0v) is 7.86. The van der Waals surface area contributed by atoms with Crippen LogP contribution in [0, 0.1) is 0 Å². The molecule has 0 heterocycles. The van der Waals surface area contributed by atoms with Gasteiger partial charge in [0.1, 0.15) is 6.34 Å². The number of nitrogens with zero attached hydrogens (tertiary/aromatic N) is 1. The molecular weight excluding hydrogens is 164 g/mol. The van der Waals surface area contributed by atoms with Gasteiger partial charge in [0, 0.05) is 0 Å². The number of benzene rings is 1. The van der Waals surface area contributed by atoms with Gasteiger partial charge in [0.15, 0.2) is 0 Å². The molecule has 3 nitrogen and oxygen atoms in total. The van der Waals surface area contributed by atoms with Crippen molar-refractivity contribution in [3.63, 3.8) is 0 Å². The molecule has 70 valence electrons. The number of hydrogen-bond donors (Lipinski definition) is 2. The van der Waals surface area contributed by atoms with Crippen molar-refractivity contribution in [1.82, 2.24) is 5.48 Å². The lowest BCUT2D eigenvalue weighted by molar-refractivity contribution is 0.240. The van der Waals surface area contributed by atoms with Crippen LogP contribution in [0.1, 0.15) is 25.3 Å². The molecule has 0 amide bonds. The van der Waals surface area contributed by atoms with Gasteiger partial charge < -0.3 is 0 Å². The molecular formula is C10H14N2O. The Bertz CT molecular complexity index is 295. The predicted octanol–water partition coefficient (Wildman–Crippen LogP) is 2.45. The molecule has 0 aliphatic rings. The average Bonchev–Trinajstić information content (AvgIpc) is 2.15. The monoisotopic (exact) mass is 178 g/mol. The molecule has 0 saturated carbocycles. The first-order valence-corrected chi connectivity index (χ1v) is 4.26. The third-order valence-electron chi connectivity index (χ3n) is 1.81. The lowest BCUT2D eigenvalue weighted by atomic mass is 10.0. The summed E-state index contributed by atoms with van der Waals surface area (Å²) in [4.78, 5) is 3.98. The van der Waals surface area contributed by atoms with Crippen molar-refractivity contribution in [3.05, 3.63) is 29.8 Å². The van der Waals surface area contributed by atoms with Crippen molar-refractivity contribution in [2.24, 2.45) is 4.99 Å². The van der Waals surface area contributed by atoms with E-state index in [4.69, 9.17) is 5.21 Å². The van der Waals surface area contributed by atoms with E-state index in [2.05, 4.69) is 24.9 Å². The summed E-state index contributed by atoms with van der Waals surface area (Å²) in [6.07, 6.45) is 1.25. The SMILES string of the molecule is CC(C)c1cccc(N=CNO)c1. The van der Waals surface area contributed by atoms with E-state index in [0.717, 1.165) is 5.69 Å². The Hall–Kier alpha value is -1.35. The summed E-state index contributed by atoms with van der Waals surface area (Å²) in [6.45, 7) is 4.26. The molecule has 0 radical (unpaired) electrons. The largest absolute Gasteiger partial charge is 0.290 e. The van der Waals surface area contributed by atoms with Crippen molar-refractivity contribution in [2.45, 2.75) is 19.8 Å². The molecule has 0 unspecified atom stereocenters. The highest BCUT2D eigenvalue weighted by Crippen LogP contribution is 2.19. The van der Waals surface area contributed by atoms with Gasteiger partial charge in [-0.3, -0.25) is 10.7 Å². The van der Waals surface area contributed by atoms with Crippen molar-refractivity contribution >= 4 is 12.0 Å². The summed E-state index contributed by atoms with van der Waals surface area (Å²) in [7, 11) is 0. The first kappa shape index (κ1) is 9.74. The molecule has 0 aliphatic carbocycles. The predicted molar refractivity (Wildman–Crippen MR) is 53.6 cm³/mol. The Morgan fingerprint density at radius 3 is 2.85 bits per heavy atom. The highest BCUT2D eigenvalue weighted by molar-refractivity contribution is 5.60. The van der Waals surface area contributed by atoms with E-state index < -0.39 is 0 Å². The standard InChI is InChI=1S/C10H14N2O/c1-8(2)9-4-3-5-10(6-9)11-7-12-13/h3-8,13H,1-2H3,(H,11,12). The Morgan fingerprint density at radius 2 is 2.23 bits per heavy atom. The second-order valence-corrected chi connectivity index (χ2v) is 3.14. The first-order valence-electron chi connectivity index (χ1n) is 4.26. The van der Waals surface area contributed by atoms with Gasteiger partial charge in [-0.15, -0.1) is 0 Å². The molecule has 0 bridgehead atoms. The van der Waals surface area contributed by atoms with Crippen LogP contribution in [-0.2, 0) is 0 Å². The van der Waals surface area contributed by atoms with E-state index in [1.165, 1.54) is 11.9 Å². The maximum Gasteiger partial charge on any atom is 0.113 e. The summed E-state index contributed by atoms with van der Waals surface area (Å²) >= 11 is 0. The Kier molecular flexibility index (Phi) is 3.46. The Morgan fingerprint density at radius 1 is 1.46 bits per heavy atom. The molecule has 2 N–H and O–H groups in total. The van der Waals surface area contributed by atoms with E-state index in [9.17, 15) is 0 Å². The fourth-order valence-corrected chi connectivity index (χ4v) is 1.07. The van der Waals surface area contributed by atoms with Gasteiger partial charge in [0.2, 0.25) is 0 Å². The fraction of sp³-hybridized carbons (Fsp3) is 0.300. The average molecular weight is 178 g/mol. The van der Waals surface area contributed by atoms with Crippen LogP contribution >= 0.6 is 0 Å². The summed E-state index contributed by atoms with van der Waals surface area (Å²) in [5.41, 5.74) is 3.96. The van der Waals surface area contributed by atoms with Crippen molar-refractivity contribution in [3.8, 4) is 0 Å². The van der Waals surface area contributed by atoms with Crippen LogP contribution in [0.2, 0.25) is 0 Å². The Labute approximate surface area is 78.1 Å². The van der Waals surface area contributed by atoms with Crippen molar-refractivity contribution in [1.29, 1.82) is 0 Å². The fourth-order valence-electron chi connectivity index (χ4n) is 1.07. The van der Waals surface area contributed by atoms with Gasteiger partial charge in [0.25, 0.3) is 0 Å². The smallest absolute Gasteiger partial charge is 0.113 e. The van der Waals surface area contributed by atoms with Crippen molar-refractivity contribution < 1.29 is 5.21 Å². The quantitative estimate of drug-likeness (QED) is 0.424. The second-order valence-electron chi connectivity index (χ2n) is 3.14. The van der Waals surface area contributed by atoms with Gasteiger partial charge in [-0.25, -0.2) is 4.99 Å². The zero-order chi connectivity index (χ0) is 9.68. The number of hydroxylamine groups is 1. The van der Waals surface area contributed by atoms with E-state index in [1.807, 2.05) is 23.7 Å². The second kappa shape index (κ2) is 4.62. The van der Waals surface area contributed by atoms with Gasteiger partial charge in [0.05, 0.1) is 5.69 Å². The minimum atomic E-state index is 0.497. The van der Waals surface area contributed by atoms with Crippen LogP contribution in [0.15, 0.2) is 29.3 Å². The van der Waals surface area contributed by atoms with E-state index in [0.29, 0.717) is 5.92 Å². The topological polar surface area (TPSA) is 44.6 Å². The minimum Gasteiger partial charge on any atom is -0.290 e. The molecule has 0 atom stereocenters. The minimum absolute atomic E-state index is 0.497. The zero-order valence-electron chi connectivity index (χ0n) is 7.86.